The summed E-state index contributed by atoms with van der Waals surface area (Å²) in [5.74, 6) is 1.43. The van der Waals surface area contributed by atoms with E-state index >= 15 is 0 Å². The summed E-state index contributed by atoms with van der Waals surface area (Å²) < 4.78 is 18.4. The summed E-state index contributed by atoms with van der Waals surface area (Å²) >= 11 is 22.5. The number of methoxy groups -OCH3 is 1. The fourth-order valence-electron chi connectivity index (χ4n) is 3.50. The lowest BCUT2D eigenvalue weighted by Gasteiger charge is -2.17. The minimum absolute atomic E-state index is 0.219. The van der Waals surface area contributed by atoms with Gasteiger partial charge in [-0.2, -0.15) is 0 Å². The van der Waals surface area contributed by atoms with Crippen LogP contribution >= 0.6 is 63.1 Å². The van der Waals surface area contributed by atoms with Crippen LogP contribution in [0.25, 0.3) is 6.08 Å². The number of para-hydroxylation sites is 2. The number of carbonyl (C=O) groups is 1. The van der Waals surface area contributed by atoms with E-state index in [-0.39, 0.29) is 12.5 Å². The summed E-state index contributed by atoms with van der Waals surface area (Å²) in [5.41, 5.74) is 2.23. The van der Waals surface area contributed by atoms with Gasteiger partial charge in [0.1, 0.15) is 12.4 Å². The van der Waals surface area contributed by atoms with Crippen LogP contribution in [0, 0.1) is 0 Å². The highest BCUT2D eigenvalue weighted by molar-refractivity contribution is 9.10. The smallest absolute Gasteiger partial charge is 0.270 e. The highest BCUT2D eigenvalue weighted by atomic mass is 79.9. The minimum Gasteiger partial charge on any atom is -0.495 e. The van der Waals surface area contributed by atoms with Gasteiger partial charge in [-0.25, -0.2) is 0 Å². The molecule has 0 saturated carbocycles. The molecular weight excluding hydrogens is 605 g/mol. The first kappa shape index (κ1) is 26.8. The summed E-state index contributed by atoms with van der Waals surface area (Å²) in [5, 5.41) is 0.944. The molecule has 0 aromatic heterocycles. The van der Waals surface area contributed by atoms with Crippen molar-refractivity contribution in [1.82, 2.24) is 0 Å². The molecule has 5 nitrogen and oxygen atoms in total. The van der Waals surface area contributed by atoms with Crippen LogP contribution in [0.2, 0.25) is 10.0 Å². The van der Waals surface area contributed by atoms with E-state index in [1.807, 2.05) is 37.3 Å². The van der Waals surface area contributed by atoms with E-state index in [0.29, 0.717) is 53.3 Å². The van der Waals surface area contributed by atoms with Crippen LogP contribution < -0.4 is 19.1 Å². The van der Waals surface area contributed by atoms with Crippen molar-refractivity contribution in [3.63, 3.8) is 0 Å². The quantitative estimate of drug-likeness (QED) is 0.186. The van der Waals surface area contributed by atoms with E-state index in [0.717, 1.165) is 11.1 Å². The SMILES string of the molecule is CCOc1cc(/C=C2/SC(=S)N(c3ccccc3OC)C2=O)cc(Br)c1OCc1ccc(Cl)c(Cl)c1. The van der Waals surface area contributed by atoms with Crippen molar-refractivity contribution in [3.8, 4) is 17.2 Å². The summed E-state index contributed by atoms with van der Waals surface area (Å²) in [6.45, 7) is 2.60. The van der Waals surface area contributed by atoms with E-state index in [1.165, 1.54) is 16.7 Å². The van der Waals surface area contributed by atoms with Crippen molar-refractivity contribution >= 4 is 85.1 Å². The molecule has 1 aliphatic heterocycles. The Morgan fingerprint density at radius 3 is 2.56 bits per heavy atom. The Labute approximate surface area is 237 Å². The van der Waals surface area contributed by atoms with Gasteiger partial charge in [0.15, 0.2) is 15.8 Å². The third-order valence-electron chi connectivity index (χ3n) is 5.12. The van der Waals surface area contributed by atoms with Gasteiger partial charge >= 0.3 is 0 Å². The maximum atomic E-state index is 13.3. The molecule has 1 amide bonds. The largest absolute Gasteiger partial charge is 0.495 e. The van der Waals surface area contributed by atoms with E-state index in [4.69, 9.17) is 49.6 Å². The Kier molecular flexibility index (Phi) is 8.85. The number of hydrogen-bond donors (Lipinski definition) is 0. The molecule has 10 heteroatoms. The van der Waals surface area contributed by atoms with Crippen LogP contribution in [-0.4, -0.2) is 23.9 Å². The maximum Gasteiger partial charge on any atom is 0.270 e. The van der Waals surface area contributed by atoms with Crippen molar-refractivity contribution in [2.75, 3.05) is 18.6 Å². The Bertz CT molecular complexity index is 1370. The van der Waals surface area contributed by atoms with Crippen molar-refractivity contribution in [3.05, 3.63) is 85.1 Å². The molecule has 0 radical (unpaired) electrons. The molecule has 1 aliphatic rings. The number of anilines is 1. The highest BCUT2D eigenvalue weighted by Gasteiger charge is 2.35. The standard InChI is InChI=1S/C26H20BrCl2NO4S2/c1-3-33-22-12-16(10-17(27)24(22)34-14-15-8-9-18(28)19(29)11-15)13-23-25(31)30(26(35)36-23)20-6-4-5-7-21(20)32-2/h4-13H,3,14H2,1-2H3/b23-13+. The number of thioether (sulfide) groups is 1. The number of rotatable bonds is 8. The number of ether oxygens (including phenoxy) is 3. The van der Waals surface area contributed by atoms with Crippen LogP contribution in [0.4, 0.5) is 5.69 Å². The topological polar surface area (TPSA) is 48.0 Å². The average Bonchev–Trinajstić information content (AvgIpc) is 3.13. The molecular formula is C26H20BrCl2NO4S2. The van der Waals surface area contributed by atoms with Gasteiger partial charge in [-0.05, 0) is 76.5 Å². The molecule has 186 valence electrons. The predicted molar refractivity (Wildman–Crippen MR) is 155 cm³/mol. The summed E-state index contributed by atoms with van der Waals surface area (Å²) in [7, 11) is 1.56. The molecule has 1 saturated heterocycles. The Balaban J connectivity index is 1.61. The number of hydrogen-bond acceptors (Lipinski definition) is 6. The van der Waals surface area contributed by atoms with Gasteiger partial charge in [0, 0.05) is 0 Å². The minimum atomic E-state index is -0.219. The van der Waals surface area contributed by atoms with Gasteiger partial charge in [0.2, 0.25) is 0 Å². The molecule has 1 heterocycles. The van der Waals surface area contributed by atoms with Crippen molar-refractivity contribution in [2.24, 2.45) is 0 Å². The third-order valence-corrected chi connectivity index (χ3v) is 7.75. The number of halogens is 3. The lowest BCUT2D eigenvalue weighted by molar-refractivity contribution is -0.113. The lowest BCUT2D eigenvalue weighted by atomic mass is 10.1. The summed E-state index contributed by atoms with van der Waals surface area (Å²) in [6, 6.07) is 16.3. The molecule has 4 rings (SSSR count). The number of thiocarbonyl (C=S) groups is 1. The first-order valence-corrected chi connectivity index (χ1v) is 13.5. The van der Waals surface area contributed by atoms with Crippen molar-refractivity contribution in [1.29, 1.82) is 0 Å². The van der Waals surface area contributed by atoms with Gasteiger partial charge in [-0.1, -0.05) is 65.4 Å². The number of benzene rings is 3. The van der Waals surface area contributed by atoms with Crippen molar-refractivity contribution < 1.29 is 19.0 Å². The molecule has 3 aromatic carbocycles. The van der Waals surface area contributed by atoms with E-state index in [1.54, 1.807) is 37.5 Å². The Hall–Kier alpha value is -2.23. The first-order valence-electron chi connectivity index (χ1n) is 10.8. The zero-order chi connectivity index (χ0) is 25.8. The zero-order valence-electron chi connectivity index (χ0n) is 19.2. The molecule has 0 aliphatic carbocycles. The molecule has 1 fully saturated rings. The van der Waals surface area contributed by atoms with Crippen LogP contribution in [0.1, 0.15) is 18.1 Å². The van der Waals surface area contributed by atoms with E-state index in [2.05, 4.69) is 15.9 Å². The lowest BCUT2D eigenvalue weighted by Crippen LogP contribution is -2.27. The first-order chi connectivity index (χ1) is 17.3. The normalized spacial score (nSPS) is 14.5. The second-order valence-electron chi connectivity index (χ2n) is 7.49. The van der Waals surface area contributed by atoms with E-state index in [9.17, 15) is 4.79 Å². The van der Waals surface area contributed by atoms with E-state index < -0.39 is 0 Å². The molecule has 36 heavy (non-hydrogen) atoms. The third kappa shape index (κ3) is 5.84. The fourth-order valence-corrected chi connectivity index (χ4v) is 5.68. The predicted octanol–water partition coefficient (Wildman–Crippen LogP) is 8.15. The average molecular weight is 625 g/mol. The maximum absolute atomic E-state index is 13.3. The fraction of sp³-hybridized carbons (Fsp3) is 0.154. The van der Waals surface area contributed by atoms with Gasteiger partial charge in [0.25, 0.3) is 5.91 Å². The van der Waals surface area contributed by atoms with Crippen LogP contribution in [0.5, 0.6) is 17.2 Å². The van der Waals surface area contributed by atoms with Crippen molar-refractivity contribution in [2.45, 2.75) is 13.5 Å². The number of amides is 1. The van der Waals surface area contributed by atoms with Gasteiger partial charge in [-0.15, -0.1) is 0 Å². The second kappa shape index (κ2) is 11.9. The molecule has 0 unspecified atom stereocenters. The van der Waals surface area contributed by atoms with Gasteiger partial charge < -0.3 is 14.2 Å². The van der Waals surface area contributed by atoms with Crippen LogP contribution in [-0.2, 0) is 11.4 Å². The zero-order valence-corrected chi connectivity index (χ0v) is 23.9. The molecule has 3 aromatic rings. The number of carbonyl (C=O) groups excluding carboxylic acids is 1. The summed E-state index contributed by atoms with van der Waals surface area (Å²) in [4.78, 5) is 15.2. The molecule has 0 N–H and O–H groups in total. The van der Waals surface area contributed by atoms with Crippen LogP contribution in [0.15, 0.2) is 64.0 Å². The molecule has 0 bridgehead atoms. The van der Waals surface area contributed by atoms with Gasteiger partial charge in [-0.3, -0.25) is 9.69 Å². The summed E-state index contributed by atoms with van der Waals surface area (Å²) in [6.07, 6.45) is 1.78. The Morgan fingerprint density at radius 1 is 1.06 bits per heavy atom. The Morgan fingerprint density at radius 2 is 1.83 bits per heavy atom. The molecule has 0 atom stereocenters. The van der Waals surface area contributed by atoms with Gasteiger partial charge in [0.05, 0.1) is 38.8 Å². The monoisotopic (exact) mass is 623 g/mol. The molecule has 0 spiro atoms. The second-order valence-corrected chi connectivity index (χ2v) is 10.8. The number of nitrogens with zero attached hydrogens (tertiary/aromatic N) is 1. The highest BCUT2D eigenvalue weighted by Crippen LogP contribution is 2.42. The van der Waals surface area contributed by atoms with Crippen LogP contribution in [0.3, 0.4) is 0 Å².